The number of hydrogen-bond donors (Lipinski definition) is 1. The summed E-state index contributed by atoms with van der Waals surface area (Å²) in [5.41, 5.74) is 1.48. The summed E-state index contributed by atoms with van der Waals surface area (Å²) in [7, 11) is 0. The number of benzene rings is 1. The molecule has 0 saturated carbocycles. The predicted molar refractivity (Wildman–Crippen MR) is 102 cm³/mol. The van der Waals surface area contributed by atoms with Gasteiger partial charge in [0.15, 0.2) is 0 Å². The van der Waals surface area contributed by atoms with Gasteiger partial charge >= 0.3 is 0 Å². The predicted octanol–water partition coefficient (Wildman–Crippen LogP) is 1.51. The van der Waals surface area contributed by atoms with Crippen molar-refractivity contribution in [3.05, 3.63) is 59.4 Å². The van der Waals surface area contributed by atoms with E-state index in [9.17, 15) is 14.4 Å². The number of carbonyl (C=O) groups excluding carboxylic acids is 3. The van der Waals surface area contributed by atoms with E-state index in [-0.39, 0.29) is 17.4 Å². The average Bonchev–Trinajstić information content (AvgIpc) is 2.73. The van der Waals surface area contributed by atoms with Crippen molar-refractivity contribution in [1.29, 1.82) is 5.26 Å². The maximum absolute atomic E-state index is 12.7. The highest BCUT2D eigenvalue weighted by Crippen LogP contribution is 2.14. The van der Waals surface area contributed by atoms with Gasteiger partial charge in [0.05, 0.1) is 22.8 Å². The molecule has 8 heteroatoms. The van der Waals surface area contributed by atoms with E-state index in [1.807, 2.05) is 6.07 Å². The third kappa shape index (κ3) is 4.32. The fraction of sp³-hybridized carbons (Fsp3) is 0.250. The van der Waals surface area contributed by atoms with Crippen LogP contribution in [0.4, 0.5) is 5.69 Å². The number of hydrogen-bond acceptors (Lipinski definition) is 5. The van der Waals surface area contributed by atoms with Crippen LogP contribution < -0.4 is 5.32 Å². The van der Waals surface area contributed by atoms with Gasteiger partial charge in [-0.15, -0.1) is 0 Å². The topological polar surface area (TPSA) is 106 Å². The van der Waals surface area contributed by atoms with E-state index in [0.717, 1.165) is 0 Å². The molecule has 2 heterocycles. The molecule has 1 saturated heterocycles. The number of nitrogens with zero attached hydrogens (tertiary/aromatic N) is 4. The maximum Gasteiger partial charge on any atom is 0.257 e. The Labute approximate surface area is 162 Å². The number of piperazine rings is 1. The number of amides is 3. The van der Waals surface area contributed by atoms with Crippen molar-refractivity contribution in [3.63, 3.8) is 0 Å². The van der Waals surface area contributed by atoms with Crippen LogP contribution >= 0.6 is 0 Å². The zero-order chi connectivity index (χ0) is 20.1. The van der Waals surface area contributed by atoms with Gasteiger partial charge in [-0.3, -0.25) is 19.4 Å². The average molecular weight is 377 g/mol. The smallest absolute Gasteiger partial charge is 0.257 e. The monoisotopic (exact) mass is 377 g/mol. The molecule has 0 bridgehead atoms. The number of nitriles is 1. The lowest BCUT2D eigenvalue weighted by molar-refractivity contribution is -0.130. The fourth-order valence-electron chi connectivity index (χ4n) is 2.96. The largest absolute Gasteiger partial charge is 0.339 e. The molecule has 0 spiro atoms. The van der Waals surface area contributed by atoms with Gasteiger partial charge in [-0.1, -0.05) is 6.07 Å². The van der Waals surface area contributed by atoms with Crippen LogP contribution in [0.15, 0.2) is 42.7 Å². The molecule has 1 fully saturated rings. The van der Waals surface area contributed by atoms with Crippen LogP contribution in [-0.2, 0) is 4.79 Å². The van der Waals surface area contributed by atoms with Crippen LogP contribution in [0.25, 0.3) is 0 Å². The first kappa shape index (κ1) is 19.0. The van der Waals surface area contributed by atoms with Gasteiger partial charge in [-0.25, -0.2) is 0 Å². The minimum Gasteiger partial charge on any atom is -0.339 e. The first-order chi connectivity index (χ1) is 13.5. The molecular weight excluding hydrogens is 358 g/mol. The van der Waals surface area contributed by atoms with Crippen LogP contribution in [0.3, 0.4) is 0 Å². The third-order valence-electron chi connectivity index (χ3n) is 4.51. The SMILES string of the molecule is CC(=O)N1CCN(C(=O)c2cncc(C(=O)Nc3cccc(C#N)c3)c2)CC1. The molecule has 1 N–H and O–H groups in total. The standard InChI is InChI=1S/C20H19N5O3/c1-14(26)24-5-7-25(8-6-24)20(28)17-10-16(12-22-13-17)19(27)23-18-4-2-3-15(9-18)11-21/h2-4,9-10,12-13H,5-8H2,1H3,(H,23,27). The van der Waals surface area contributed by atoms with E-state index < -0.39 is 5.91 Å². The van der Waals surface area contributed by atoms with E-state index >= 15 is 0 Å². The van der Waals surface area contributed by atoms with E-state index in [4.69, 9.17) is 5.26 Å². The Morgan fingerprint density at radius 2 is 1.71 bits per heavy atom. The molecule has 28 heavy (non-hydrogen) atoms. The zero-order valence-corrected chi connectivity index (χ0v) is 15.4. The van der Waals surface area contributed by atoms with Crippen molar-refractivity contribution in [1.82, 2.24) is 14.8 Å². The van der Waals surface area contributed by atoms with Crippen LogP contribution in [-0.4, -0.2) is 58.7 Å². The molecule has 3 amide bonds. The highest BCUT2D eigenvalue weighted by atomic mass is 16.2. The Hall–Kier alpha value is -3.73. The maximum atomic E-state index is 12.7. The Balaban J connectivity index is 1.69. The van der Waals surface area contributed by atoms with Crippen molar-refractivity contribution < 1.29 is 14.4 Å². The summed E-state index contributed by atoms with van der Waals surface area (Å²) in [4.78, 5) is 44.0. The minimum absolute atomic E-state index is 0.00657. The second-order valence-electron chi connectivity index (χ2n) is 6.41. The van der Waals surface area contributed by atoms with Gasteiger partial charge in [0.2, 0.25) is 5.91 Å². The van der Waals surface area contributed by atoms with E-state index in [1.54, 1.807) is 34.1 Å². The summed E-state index contributed by atoms with van der Waals surface area (Å²) in [6.45, 7) is 3.37. The molecule has 0 unspecified atom stereocenters. The molecule has 8 nitrogen and oxygen atoms in total. The van der Waals surface area contributed by atoms with Gasteiger partial charge in [0.25, 0.3) is 11.8 Å². The van der Waals surface area contributed by atoms with Crippen molar-refractivity contribution in [2.24, 2.45) is 0 Å². The summed E-state index contributed by atoms with van der Waals surface area (Å²) >= 11 is 0. The van der Waals surface area contributed by atoms with Crippen molar-refractivity contribution in [2.45, 2.75) is 6.92 Å². The lowest BCUT2D eigenvalue weighted by atomic mass is 10.1. The van der Waals surface area contributed by atoms with Crippen LogP contribution in [0.5, 0.6) is 0 Å². The number of aromatic nitrogens is 1. The van der Waals surface area contributed by atoms with Crippen LogP contribution in [0.1, 0.15) is 33.2 Å². The highest BCUT2D eigenvalue weighted by molar-refractivity contribution is 6.05. The lowest BCUT2D eigenvalue weighted by Crippen LogP contribution is -2.50. The molecule has 1 aliphatic heterocycles. The third-order valence-corrected chi connectivity index (χ3v) is 4.51. The van der Waals surface area contributed by atoms with E-state index in [0.29, 0.717) is 43.0 Å². The molecule has 0 aliphatic carbocycles. The number of pyridine rings is 1. The van der Waals surface area contributed by atoms with Gasteiger partial charge in [0.1, 0.15) is 0 Å². The second-order valence-corrected chi connectivity index (χ2v) is 6.41. The van der Waals surface area contributed by atoms with E-state index in [2.05, 4.69) is 10.3 Å². The molecule has 0 radical (unpaired) electrons. The second kappa shape index (κ2) is 8.31. The number of nitrogens with one attached hydrogen (secondary N) is 1. The summed E-state index contributed by atoms with van der Waals surface area (Å²) in [6, 6.07) is 10.1. The van der Waals surface area contributed by atoms with Crippen LogP contribution in [0, 0.1) is 11.3 Å². The van der Waals surface area contributed by atoms with Crippen molar-refractivity contribution in [2.75, 3.05) is 31.5 Å². The molecule has 1 aliphatic rings. The molecule has 142 valence electrons. The molecular formula is C20H19N5O3. The molecule has 1 aromatic heterocycles. The Morgan fingerprint density at radius 1 is 1.04 bits per heavy atom. The summed E-state index contributed by atoms with van der Waals surface area (Å²) in [5.74, 6) is -0.650. The Bertz CT molecular complexity index is 958. The summed E-state index contributed by atoms with van der Waals surface area (Å²) in [6.07, 6.45) is 2.81. The van der Waals surface area contributed by atoms with Crippen molar-refractivity contribution in [3.8, 4) is 6.07 Å². The Kier molecular flexibility index (Phi) is 5.65. The summed E-state index contributed by atoms with van der Waals surface area (Å²) in [5, 5.41) is 11.6. The fourth-order valence-corrected chi connectivity index (χ4v) is 2.96. The number of rotatable bonds is 3. The molecule has 1 aromatic carbocycles. The van der Waals surface area contributed by atoms with Crippen LogP contribution in [0.2, 0.25) is 0 Å². The van der Waals surface area contributed by atoms with Gasteiger partial charge < -0.3 is 15.1 Å². The first-order valence-electron chi connectivity index (χ1n) is 8.79. The quantitative estimate of drug-likeness (QED) is 0.873. The van der Waals surface area contributed by atoms with Gasteiger partial charge in [-0.05, 0) is 24.3 Å². The van der Waals surface area contributed by atoms with Gasteiger partial charge in [-0.2, -0.15) is 5.26 Å². The molecule has 2 aromatic rings. The zero-order valence-electron chi connectivity index (χ0n) is 15.4. The minimum atomic E-state index is -0.418. The normalized spacial score (nSPS) is 13.6. The highest BCUT2D eigenvalue weighted by Gasteiger charge is 2.24. The van der Waals surface area contributed by atoms with Gasteiger partial charge in [0, 0.05) is 51.2 Å². The molecule has 0 atom stereocenters. The number of carbonyl (C=O) groups is 3. The first-order valence-corrected chi connectivity index (χ1v) is 8.79. The Morgan fingerprint density at radius 3 is 2.39 bits per heavy atom. The van der Waals surface area contributed by atoms with Crippen molar-refractivity contribution >= 4 is 23.4 Å². The lowest BCUT2D eigenvalue weighted by Gasteiger charge is -2.34. The van der Waals surface area contributed by atoms with E-state index in [1.165, 1.54) is 25.4 Å². The number of anilines is 1. The summed E-state index contributed by atoms with van der Waals surface area (Å²) < 4.78 is 0. The molecule has 3 rings (SSSR count).